The fourth-order valence-corrected chi connectivity index (χ4v) is 3.42. The van der Waals surface area contributed by atoms with Crippen LogP contribution in [0, 0.1) is 11.8 Å². The van der Waals surface area contributed by atoms with Gasteiger partial charge in [0.1, 0.15) is 11.4 Å². The molecule has 2 rings (SSSR count). The highest BCUT2D eigenvalue weighted by Crippen LogP contribution is 2.35. The third-order valence-corrected chi connectivity index (χ3v) is 4.96. The maximum Gasteiger partial charge on any atom is 0.145 e. The largest absolute Gasteiger partial charge is 0.494 e. The zero-order chi connectivity index (χ0) is 15.2. The number of nitrogens with one attached hydrogen (secondary N) is 1. The van der Waals surface area contributed by atoms with Crippen LogP contribution < -0.4 is 20.9 Å². The average Bonchev–Trinajstić information content (AvgIpc) is 2.50. The smallest absolute Gasteiger partial charge is 0.145 e. The number of anilines is 2. The van der Waals surface area contributed by atoms with Crippen LogP contribution in [0.3, 0.4) is 0 Å². The molecule has 0 spiro atoms. The van der Waals surface area contributed by atoms with Gasteiger partial charge in [0.25, 0.3) is 0 Å². The van der Waals surface area contributed by atoms with Crippen LogP contribution in [-0.2, 0) is 0 Å². The summed E-state index contributed by atoms with van der Waals surface area (Å²) in [5, 5.41) is 9.03. The molecule has 0 aliphatic heterocycles. The molecule has 1 aliphatic carbocycles. The van der Waals surface area contributed by atoms with Crippen LogP contribution >= 0.6 is 11.9 Å². The van der Waals surface area contributed by atoms with Crippen molar-refractivity contribution in [3.05, 3.63) is 12.1 Å². The molecule has 4 nitrogen and oxygen atoms in total. The Morgan fingerprint density at radius 1 is 1.29 bits per heavy atom. The monoisotopic (exact) mass is 309 g/mol. The second-order valence-electron chi connectivity index (χ2n) is 6.05. The Morgan fingerprint density at radius 3 is 2.62 bits per heavy atom. The molecule has 1 aliphatic rings. The molecular weight excluding hydrogens is 282 g/mol. The van der Waals surface area contributed by atoms with Crippen LogP contribution in [0.25, 0.3) is 0 Å². The molecule has 0 heterocycles. The van der Waals surface area contributed by atoms with Gasteiger partial charge in [-0.25, -0.2) is 0 Å². The van der Waals surface area contributed by atoms with Gasteiger partial charge in [0.05, 0.1) is 12.8 Å². The van der Waals surface area contributed by atoms with Gasteiger partial charge in [0.15, 0.2) is 0 Å². The first-order chi connectivity index (χ1) is 10.1. The SMILES string of the molecule is COc1cc(SN)cc(N)c1NCCC1CCC(C)CC1. The lowest BCUT2D eigenvalue weighted by molar-refractivity contribution is 0.282. The van der Waals surface area contributed by atoms with E-state index in [1.807, 2.05) is 12.1 Å². The Morgan fingerprint density at radius 2 is 2.00 bits per heavy atom. The highest BCUT2D eigenvalue weighted by Gasteiger charge is 2.18. The van der Waals surface area contributed by atoms with Crippen LogP contribution in [0.15, 0.2) is 17.0 Å². The number of nitrogens with two attached hydrogens (primary N) is 2. The molecule has 0 atom stereocenters. The lowest BCUT2D eigenvalue weighted by Gasteiger charge is -2.26. The second-order valence-corrected chi connectivity index (χ2v) is 6.76. The number of hydrogen-bond donors (Lipinski definition) is 3. The fraction of sp³-hybridized carbons (Fsp3) is 0.625. The summed E-state index contributed by atoms with van der Waals surface area (Å²) in [7, 11) is 1.66. The summed E-state index contributed by atoms with van der Waals surface area (Å²) in [6.07, 6.45) is 6.66. The molecule has 0 amide bonds. The molecule has 0 radical (unpaired) electrons. The van der Waals surface area contributed by atoms with Gasteiger partial charge in [-0.2, -0.15) is 0 Å². The first-order valence-corrected chi connectivity index (χ1v) is 8.60. The molecule has 5 N–H and O–H groups in total. The summed E-state index contributed by atoms with van der Waals surface area (Å²) < 4.78 is 5.41. The number of rotatable bonds is 6. The molecule has 0 saturated heterocycles. The van der Waals surface area contributed by atoms with E-state index in [0.717, 1.165) is 34.7 Å². The normalized spacial score (nSPS) is 22.0. The fourth-order valence-electron chi connectivity index (χ4n) is 3.05. The van der Waals surface area contributed by atoms with Gasteiger partial charge in [-0.1, -0.05) is 32.6 Å². The van der Waals surface area contributed by atoms with E-state index in [4.69, 9.17) is 15.6 Å². The van der Waals surface area contributed by atoms with Crippen molar-refractivity contribution in [2.24, 2.45) is 17.0 Å². The molecule has 5 heteroatoms. The Labute approximate surface area is 132 Å². The van der Waals surface area contributed by atoms with Crippen LogP contribution in [0.2, 0.25) is 0 Å². The molecule has 1 aromatic rings. The number of methoxy groups -OCH3 is 1. The van der Waals surface area contributed by atoms with E-state index in [-0.39, 0.29) is 0 Å². The summed E-state index contributed by atoms with van der Waals surface area (Å²) in [6.45, 7) is 3.30. The molecule has 118 valence electrons. The molecule has 21 heavy (non-hydrogen) atoms. The minimum atomic E-state index is 0.694. The average molecular weight is 309 g/mol. The van der Waals surface area contributed by atoms with Crippen molar-refractivity contribution >= 4 is 23.3 Å². The Kier molecular flexibility index (Phi) is 6.06. The summed E-state index contributed by atoms with van der Waals surface area (Å²) in [6, 6.07) is 3.81. The lowest BCUT2D eigenvalue weighted by Crippen LogP contribution is -2.16. The minimum Gasteiger partial charge on any atom is -0.494 e. The van der Waals surface area contributed by atoms with Gasteiger partial charge in [-0.05, 0) is 42.3 Å². The van der Waals surface area contributed by atoms with Gasteiger partial charge < -0.3 is 15.8 Å². The van der Waals surface area contributed by atoms with Crippen molar-refractivity contribution < 1.29 is 4.74 Å². The number of hydrogen-bond acceptors (Lipinski definition) is 5. The van der Waals surface area contributed by atoms with E-state index >= 15 is 0 Å². The standard InChI is InChI=1S/C16H27N3OS/c1-11-3-5-12(6-4-11)7-8-19-16-14(17)9-13(21-18)10-15(16)20-2/h9-12,19H,3-8,17-18H2,1-2H3. The Bertz CT molecular complexity index is 459. The van der Waals surface area contributed by atoms with Crippen LogP contribution in [0.1, 0.15) is 39.0 Å². The minimum absolute atomic E-state index is 0.694. The van der Waals surface area contributed by atoms with Crippen molar-refractivity contribution in [3.63, 3.8) is 0 Å². The quantitative estimate of drug-likeness (QED) is 0.549. The molecule has 0 bridgehead atoms. The van der Waals surface area contributed by atoms with Crippen molar-refractivity contribution in [3.8, 4) is 5.75 Å². The summed E-state index contributed by atoms with van der Waals surface area (Å²) in [4.78, 5) is 0.913. The second kappa shape index (κ2) is 7.80. The summed E-state index contributed by atoms with van der Waals surface area (Å²) in [5.74, 6) is 2.52. The number of benzene rings is 1. The number of ether oxygens (including phenoxy) is 1. The molecule has 1 aromatic carbocycles. The Balaban J connectivity index is 1.90. The highest BCUT2D eigenvalue weighted by molar-refractivity contribution is 7.97. The molecule has 0 unspecified atom stereocenters. The van der Waals surface area contributed by atoms with E-state index in [2.05, 4.69) is 12.2 Å². The third-order valence-electron chi connectivity index (χ3n) is 4.45. The van der Waals surface area contributed by atoms with Gasteiger partial charge >= 0.3 is 0 Å². The summed E-state index contributed by atoms with van der Waals surface area (Å²) in [5.41, 5.74) is 7.68. The molecular formula is C16H27N3OS. The maximum atomic E-state index is 6.10. The predicted octanol–water partition coefficient (Wildman–Crippen LogP) is 3.87. The van der Waals surface area contributed by atoms with E-state index in [1.54, 1.807) is 7.11 Å². The maximum absolute atomic E-state index is 6.10. The van der Waals surface area contributed by atoms with E-state index < -0.39 is 0 Å². The number of nitrogen functional groups attached to an aromatic ring is 1. The zero-order valence-corrected chi connectivity index (χ0v) is 13.8. The molecule has 0 aromatic heterocycles. The van der Waals surface area contributed by atoms with Crippen molar-refractivity contribution in [2.45, 2.75) is 43.9 Å². The predicted molar refractivity (Wildman–Crippen MR) is 91.7 cm³/mol. The first-order valence-electron chi connectivity index (χ1n) is 7.72. The van der Waals surface area contributed by atoms with Gasteiger partial charge in [0, 0.05) is 11.4 Å². The van der Waals surface area contributed by atoms with Crippen molar-refractivity contribution in [1.82, 2.24) is 0 Å². The van der Waals surface area contributed by atoms with Gasteiger partial charge in [-0.3, -0.25) is 5.14 Å². The highest BCUT2D eigenvalue weighted by atomic mass is 32.2. The zero-order valence-electron chi connectivity index (χ0n) is 13.0. The summed E-state index contributed by atoms with van der Waals surface area (Å²) >= 11 is 1.18. The third kappa shape index (κ3) is 4.45. The van der Waals surface area contributed by atoms with E-state index in [0.29, 0.717) is 5.69 Å². The topological polar surface area (TPSA) is 73.3 Å². The van der Waals surface area contributed by atoms with Crippen LogP contribution in [-0.4, -0.2) is 13.7 Å². The van der Waals surface area contributed by atoms with Crippen LogP contribution in [0.4, 0.5) is 11.4 Å². The van der Waals surface area contributed by atoms with Crippen molar-refractivity contribution in [2.75, 3.05) is 24.7 Å². The Hall–Kier alpha value is -1.07. The van der Waals surface area contributed by atoms with Gasteiger partial charge in [-0.15, -0.1) is 0 Å². The van der Waals surface area contributed by atoms with Crippen molar-refractivity contribution in [1.29, 1.82) is 0 Å². The van der Waals surface area contributed by atoms with Crippen LogP contribution in [0.5, 0.6) is 5.75 Å². The van der Waals surface area contributed by atoms with E-state index in [1.165, 1.54) is 44.1 Å². The lowest BCUT2D eigenvalue weighted by atomic mass is 9.81. The van der Waals surface area contributed by atoms with E-state index in [9.17, 15) is 0 Å². The van der Waals surface area contributed by atoms with Gasteiger partial charge in [0.2, 0.25) is 0 Å². The molecule has 1 fully saturated rings. The molecule has 1 saturated carbocycles. The first kappa shape index (κ1) is 16.3.